The monoisotopic (exact) mass is 1050 g/mol. The molecule has 396 valence electrons. The molecule has 4 aromatic heterocycles. The first-order valence-electron chi connectivity index (χ1n) is 29.1. The van der Waals surface area contributed by atoms with Gasteiger partial charge in [0.1, 0.15) is 11.6 Å². The second-order valence-corrected chi connectivity index (χ2v) is 24.1. The summed E-state index contributed by atoms with van der Waals surface area (Å²) in [7, 11) is 0. The number of hydrogen-bond donors (Lipinski definition) is 0. The van der Waals surface area contributed by atoms with Gasteiger partial charge in [-0.2, -0.15) is 5.26 Å². The molecular formula is C76H67N5. The van der Waals surface area contributed by atoms with Crippen LogP contribution in [-0.2, 0) is 0 Å². The first kappa shape index (κ1) is 50.1. The number of nitriles is 1. The number of nitrogens with zero attached hydrogens (tertiary/aromatic N) is 5. The van der Waals surface area contributed by atoms with E-state index in [4.69, 9.17) is 0 Å². The molecule has 5 heteroatoms. The second-order valence-electron chi connectivity index (χ2n) is 24.1. The fraction of sp³-hybridized carbons (Fsp3) is 0.197. The first-order valence-corrected chi connectivity index (χ1v) is 29.1. The molecule has 0 saturated carbocycles. The third-order valence-corrected chi connectivity index (χ3v) is 18.1. The van der Waals surface area contributed by atoms with Crippen molar-refractivity contribution < 1.29 is 0 Å². The van der Waals surface area contributed by atoms with E-state index in [0.717, 1.165) is 99.6 Å². The van der Waals surface area contributed by atoms with Crippen molar-refractivity contribution in [1.82, 2.24) is 18.3 Å². The maximum atomic E-state index is 13.1. The zero-order valence-electron chi connectivity index (χ0n) is 48.4. The van der Waals surface area contributed by atoms with Crippen LogP contribution >= 0.6 is 0 Å². The highest BCUT2D eigenvalue weighted by Crippen LogP contribution is 2.53. The molecule has 0 atom stereocenters. The van der Waals surface area contributed by atoms with E-state index in [2.05, 4.69) is 282 Å². The van der Waals surface area contributed by atoms with E-state index in [0.29, 0.717) is 29.2 Å². The summed E-state index contributed by atoms with van der Waals surface area (Å²) < 4.78 is 9.99. The van der Waals surface area contributed by atoms with E-state index in [1.165, 1.54) is 60.5 Å². The number of aromatic nitrogens is 4. The van der Waals surface area contributed by atoms with Crippen molar-refractivity contribution in [2.24, 2.45) is 0 Å². The van der Waals surface area contributed by atoms with Crippen molar-refractivity contribution in [2.45, 2.75) is 99.8 Å². The smallest absolute Gasteiger partial charge is 0.104 e. The van der Waals surface area contributed by atoms with Crippen LogP contribution in [0, 0.1) is 32.1 Å². The summed E-state index contributed by atoms with van der Waals surface area (Å²) in [5, 5.41) is 22.4. The number of aryl methyl sites for hydroxylation is 2. The van der Waals surface area contributed by atoms with Gasteiger partial charge in [0.25, 0.3) is 0 Å². The fourth-order valence-electron chi connectivity index (χ4n) is 13.5. The minimum Gasteiger partial charge on any atom is -0.306 e. The molecule has 0 radical (unpaired) electrons. The molecule has 5 nitrogen and oxygen atoms in total. The first-order chi connectivity index (χ1) is 39.2. The van der Waals surface area contributed by atoms with Crippen LogP contribution in [0.5, 0.6) is 0 Å². The molecule has 0 spiro atoms. The third-order valence-electron chi connectivity index (χ3n) is 18.1. The molecule has 14 rings (SSSR count). The number of benzene rings is 10. The van der Waals surface area contributed by atoms with Crippen molar-refractivity contribution in [3.05, 3.63) is 226 Å². The molecule has 0 bridgehead atoms. The van der Waals surface area contributed by atoms with Crippen LogP contribution in [0.25, 0.3) is 121 Å². The lowest BCUT2D eigenvalue weighted by Gasteiger charge is -2.30. The zero-order valence-corrected chi connectivity index (χ0v) is 48.4. The Morgan fingerprint density at radius 2 is 0.568 bits per heavy atom. The van der Waals surface area contributed by atoms with Crippen LogP contribution in [0.15, 0.2) is 182 Å². The summed E-state index contributed by atoms with van der Waals surface area (Å²) in [6, 6.07) is 71.6. The summed E-state index contributed by atoms with van der Waals surface area (Å²) in [6.07, 6.45) is 0. The summed E-state index contributed by atoms with van der Waals surface area (Å²) in [5.74, 6) is 1.25. The van der Waals surface area contributed by atoms with E-state index in [-0.39, 0.29) is 0 Å². The molecule has 0 aliphatic rings. The van der Waals surface area contributed by atoms with Crippen LogP contribution in [0.4, 0.5) is 0 Å². The third kappa shape index (κ3) is 7.42. The Labute approximate surface area is 474 Å². The Balaban J connectivity index is 1.36. The quantitative estimate of drug-likeness (QED) is 0.142. The molecule has 10 aromatic carbocycles. The average molecular weight is 1050 g/mol. The molecule has 0 unspecified atom stereocenters. The average Bonchev–Trinajstić information content (AvgIpc) is 2.92. The van der Waals surface area contributed by atoms with Crippen molar-refractivity contribution >= 4 is 87.2 Å². The minimum absolute atomic E-state index is 0.313. The van der Waals surface area contributed by atoms with Crippen molar-refractivity contribution in [3.8, 4) is 39.9 Å². The molecule has 0 fully saturated rings. The molecule has 0 aliphatic carbocycles. The molecule has 0 aliphatic heterocycles. The molecule has 81 heavy (non-hydrogen) atoms. The standard InChI is InChI=1S/C76H67N5/c1-43(2)50-28-32-68-59(38-50)60-39-51(44(3)4)29-33-69(60)80(68)75-72(54-36-47(9)49(11)48(10)37-54)76(81-70-34-30-52(45(5)6)40-61(70)62-41-53(46(7)8)31-35-71(62)81)74(79-66-26-18-14-22-57(66)58-23-15-19-27-67(58)79)63(42-77)73(75)78-64-24-16-12-20-55(64)56-21-13-17-25-65(56)78/h12-41,43-46H,1-11H3. The Hall–Kier alpha value is -9.11. The van der Waals surface area contributed by atoms with Crippen LogP contribution in [-0.4, -0.2) is 18.3 Å². The molecule has 4 heterocycles. The van der Waals surface area contributed by atoms with Crippen LogP contribution in [0.2, 0.25) is 0 Å². The van der Waals surface area contributed by atoms with Crippen LogP contribution in [0.1, 0.15) is 124 Å². The minimum atomic E-state index is 0.313. The number of fused-ring (bicyclic) bond motifs is 12. The van der Waals surface area contributed by atoms with Gasteiger partial charge in [0, 0.05) is 48.7 Å². The lowest BCUT2D eigenvalue weighted by Crippen LogP contribution is -2.16. The van der Waals surface area contributed by atoms with Crippen LogP contribution in [0.3, 0.4) is 0 Å². The van der Waals surface area contributed by atoms with Gasteiger partial charge in [-0.15, -0.1) is 0 Å². The largest absolute Gasteiger partial charge is 0.306 e. The summed E-state index contributed by atoms with van der Waals surface area (Å²) in [5.41, 5.74) is 23.5. The van der Waals surface area contributed by atoms with E-state index < -0.39 is 0 Å². The topological polar surface area (TPSA) is 43.5 Å². The van der Waals surface area contributed by atoms with Gasteiger partial charge in [-0.05, 0) is 162 Å². The SMILES string of the molecule is Cc1cc(-c2c(-n3c4ccc(C(C)C)cc4c4cc(C(C)C)ccc43)c(-n3c4ccccc4c4ccccc43)c(C#N)c(-n3c4ccccc4c4ccccc43)c2-n2c3ccc(C(C)C)cc3c3cc(C(C)C)ccc32)cc(C)c1C. The van der Waals surface area contributed by atoms with E-state index in [1.807, 2.05) is 0 Å². The highest BCUT2D eigenvalue weighted by molar-refractivity contribution is 6.17. The molecule has 14 aromatic rings. The van der Waals surface area contributed by atoms with Gasteiger partial charge in [0.15, 0.2) is 0 Å². The van der Waals surface area contributed by atoms with E-state index >= 15 is 0 Å². The van der Waals surface area contributed by atoms with Gasteiger partial charge in [-0.25, -0.2) is 0 Å². The van der Waals surface area contributed by atoms with E-state index in [1.54, 1.807) is 0 Å². The maximum Gasteiger partial charge on any atom is 0.104 e. The maximum absolute atomic E-state index is 13.1. The Bertz CT molecular complexity index is 4450. The van der Waals surface area contributed by atoms with Gasteiger partial charge in [-0.1, -0.05) is 165 Å². The normalized spacial score (nSPS) is 12.3. The van der Waals surface area contributed by atoms with Gasteiger partial charge in [0.2, 0.25) is 0 Å². The predicted octanol–water partition coefficient (Wildman–Crippen LogP) is 21.0. The number of para-hydroxylation sites is 4. The zero-order chi connectivity index (χ0) is 55.9. The van der Waals surface area contributed by atoms with Crippen molar-refractivity contribution in [3.63, 3.8) is 0 Å². The highest BCUT2D eigenvalue weighted by Gasteiger charge is 2.35. The molecular weight excluding hydrogens is 983 g/mol. The fourth-order valence-corrected chi connectivity index (χ4v) is 13.5. The number of rotatable bonds is 9. The number of hydrogen-bond acceptors (Lipinski definition) is 1. The van der Waals surface area contributed by atoms with Gasteiger partial charge in [-0.3, -0.25) is 0 Å². The highest BCUT2D eigenvalue weighted by atomic mass is 15.1. The second kappa shape index (κ2) is 18.8. The lowest BCUT2D eigenvalue weighted by atomic mass is 9.90. The molecule has 0 amide bonds. The van der Waals surface area contributed by atoms with Gasteiger partial charge >= 0.3 is 0 Å². The van der Waals surface area contributed by atoms with Crippen LogP contribution < -0.4 is 0 Å². The summed E-state index contributed by atoms with van der Waals surface area (Å²) in [6.45, 7) is 25.1. The van der Waals surface area contributed by atoms with Gasteiger partial charge < -0.3 is 18.3 Å². The van der Waals surface area contributed by atoms with Crippen molar-refractivity contribution in [2.75, 3.05) is 0 Å². The summed E-state index contributed by atoms with van der Waals surface area (Å²) in [4.78, 5) is 0. The lowest BCUT2D eigenvalue weighted by molar-refractivity contribution is 0.868. The molecule has 0 saturated heterocycles. The Morgan fingerprint density at radius 3 is 0.840 bits per heavy atom. The Morgan fingerprint density at radius 1 is 0.309 bits per heavy atom. The Kier molecular flexibility index (Phi) is 11.6. The molecule has 0 N–H and O–H groups in total. The van der Waals surface area contributed by atoms with Gasteiger partial charge in [0.05, 0.1) is 66.9 Å². The van der Waals surface area contributed by atoms with E-state index in [9.17, 15) is 5.26 Å². The predicted molar refractivity (Wildman–Crippen MR) is 345 cm³/mol. The van der Waals surface area contributed by atoms with Crippen molar-refractivity contribution in [1.29, 1.82) is 5.26 Å². The summed E-state index contributed by atoms with van der Waals surface area (Å²) >= 11 is 0.